The third kappa shape index (κ3) is 6.43. The van der Waals surface area contributed by atoms with Gasteiger partial charge in [-0.15, -0.1) is 6.42 Å². The summed E-state index contributed by atoms with van der Waals surface area (Å²) in [5, 5.41) is 0. The van der Waals surface area contributed by atoms with Gasteiger partial charge in [0.15, 0.2) is 0 Å². The molecule has 43 heavy (non-hydrogen) atoms. The summed E-state index contributed by atoms with van der Waals surface area (Å²) in [7, 11) is 1.82. The van der Waals surface area contributed by atoms with Crippen molar-refractivity contribution in [1.29, 1.82) is 0 Å². The number of ether oxygens (including phenoxy) is 1. The monoisotopic (exact) mass is 561 g/mol. The van der Waals surface area contributed by atoms with Crippen molar-refractivity contribution in [2.24, 2.45) is 4.99 Å². The van der Waals surface area contributed by atoms with Crippen LogP contribution in [0.25, 0.3) is 11.6 Å². The molecule has 4 nitrogen and oxygen atoms in total. The molecule has 0 saturated carbocycles. The Bertz CT molecular complexity index is 1780. The van der Waals surface area contributed by atoms with Crippen molar-refractivity contribution in [3.05, 3.63) is 178 Å². The Morgan fingerprint density at radius 2 is 1.91 bits per heavy atom. The first-order valence-corrected chi connectivity index (χ1v) is 14.3. The molecular weight excluding hydrogens is 526 g/mol. The molecule has 212 valence electrons. The molecule has 3 aliphatic rings. The van der Waals surface area contributed by atoms with Gasteiger partial charge >= 0.3 is 0 Å². The van der Waals surface area contributed by atoms with Crippen molar-refractivity contribution in [3.8, 4) is 12.3 Å². The van der Waals surface area contributed by atoms with Gasteiger partial charge < -0.3 is 10.2 Å². The number of rotatable bonds is 8. The third-order valence-corrected chi connectivity index (χ3v) is 7.35. The standard InChI is InChI=1S/C39H35N3O/c1-6-14-32(25-24-29-15-9-8-10-16-29)41-39(42-40-5)35-21-11-17-30(7-2)38(35)37-27(3)23-26-34(37)33-20-12-18-31-19-13-22-36(31)43-28(33)4/h2,6,8-21,24-26,40H,1,4,22-23H2,3,5H3,(H,41,42)/b18-12-,25-24?,32-14+,33-20+. The van der Waals surface area contributed by atoms with Crippen molar-refractivity contribution in [2.75, 3.05) is 7.05 Å². The first-order valence-electron chi connectivity index (χ1n) is 14.3. The summed E-state index contributed by atoms with van der Waals surface area (Å²) in [6.45, 7) is 10.4. The molecule has 0 aromatic heterocycles. The summed E-state index contributed by atoms with van der Waals surface area (Å²) < 4.78 is 6.30. The van der Waals surface area contributed by atoms with Gasteiger partial charge in [0.25, 0.3) is 0 Å². The van der Waals surface area contributed by atoms with E-state index in [1.807, 2.05) is 73.8 Å². The lowest BCUT2D eigenvalue weighted by Crippen LogP contribution is -2.35. The van der Waals surface area contributed by atoms with Crippen LogP contribution < -0.4 is 10.9 Å². The summed E-state index contributed by atoms with van der Waals surface area (Å²) in [6.07, 6.45) is 27.9. The summed E-state index contributed by atoms with van der Waals surface area (Å²) in [5.41, 5.74) is 16.0. The van der Waals surface area contributed by atoms with Crippen LogP contribution in [0, 0.1) is 12.3 Å². The van der Waals surface area contributed by atoms with Crippen molar-refractivity contribution in [2.45, 2.75) is 19.8 Å². The molecule has 0 saturated heterocycles. The molecule has 0 fully saturated rings. The SMILES string of the molecule is C#Cc1cccc(C(=N/C(C=Cc2ccccc2)=C/C=C)NNC)c1C1=C(C)CC=C1/C1=C/C=C\C2=C(CC=C2)OC1=C. The van der Waals surface area contributed by atoms with Gasteiger partial charge in [-0.3, -0.25) is 0 Å². The summed E-state index contributed by atoms with van der Waals surface area (Å²) in [6, 6.07) is 16.1. The number of hydrogen-bond acceptors (Lipinski definition) is 3. The quantitative estimate of drug-likeness (QED) is 0.112. The van der Waals surface area contributed by atoms with E-state index in [0.717, 1.165) is 68.8 Å². The molecule has 0 unspecified atom stereocenters. The number of terminal acetylenes is 1. The molecule has 5 rings (SSSR count). The first kappa shape index (κ1) is 29.1. The highest BCUT2D eigenvalue weighted by Crippen LogP contribution is 2.44. The van der Waals surface area contributed by atoms with E-state index in [0.29, 0.717) is 11.6 Å². The normalized spacial score (nSPS) is 18.9. The van der Waals surface area contributed by atoms with E-state index in [1.165, 1.54) is 5.57 Å². The second-order valence-electron chi connectivity index (χ2n) is 10.2. The molecule has 1 aliphatic heterocycles. The molecule has 1 heterocycles. The van der Waals surface area contributed by atoms with E-state index >= 15 is 0 Å². The number of aliphatic imine (C=N–C) groups is 1. The van der Waals surface area contributed by atoms with Crippen LogP contribution in [0.5, 0.6) is 0 Å². The topological polar surface area (TPSA) is 45.7 Å². The Morgan fingerprint density at radius 3 is 2.67 bits per heavy atom. The second kappa shape index (κ2) is 13.5. The van der Waals surface area contributed by atoms with Gasteiger partial charge in [-0.1, -0.05) is 116 Å². The Labute approximate surface area is 255 Å². The smallest absolute Gasteiger partial charge is 0.148 e. The fourth-order valence-corrected chi connectivity index (χ4v) is 5.36. The summed E-state index contributed by atoms with van der Waals surface area (Å²) in [4.78, 5) is 5.04. The summed E-state index contributed by atoms with van der Waals surface area (Å²) >= 11 is 0. The van der Waals surface area contributed by atoms with Crippen LogP contribution in [0.4, 0.5) is 0 Å². The lowest BCUT2D eigenvalue weighted by atomic mass is 9.85. The van der Waals surface area contributed by atoms with Crippen molar-refractivity contribution < 1.29 is 4.74 Å². The molecule has 0 atom stereocenters. The predicted molar refractivity (Wildman–Crippen MR) is 180 cm³/mol. The first-order chi connectivity index (χ1) is 21.0. The van der Waals surface area contributed by atoms with Gasteiger partial charge in [0.05, 0.1) is 5.70 Å². The maximum absolute atomic E-state index is 6.30. The minimum Gasteiger partial charge on any atom is -0.461 e. The highest BCUT2D eigenvalue weighted by atomic mass is 16.5. The van der Waals surface area contributed by atoms with Gasteiger partial charge in [0.1, 0.15) is 17.4 Å². The van der Waals surface area contributed by atoms with Gasteiger partial charge in [-0.25, -0.2) is 10.4 Å². The molecule has 0 radical (unpaired) electrons. The maximum Gasteiger partial charge on any atom is 0.148 e. The molecule has 2 aromatic carbocycles. The maximum atomic E-state index is 6.30. The molecule has 0 spiro atoms. The Balaban J connectivity index is 1.61. The number of allylic oxidation sites excluding steroid dienone is 13. The van der Waals surface area contributed by atoms with Crippen LogP contribution in [0.15, 0.2) is 161 Å². The second-order valence-corrected chi connectivity index (χ2v) is 10.2. The van der Waals surface area contributed by atoms with Gasteiger partial charge in [0.2, 0.25) is 0 Å². The van der Waals surface area contributed by atoms with Crippen LogP contribution in [0.3, 0.4) is 0 Å². The van der Waals surface area contributed by atoms with Crippen LogP contribution in [-0.4, -0.2) is 12.9 Å². The zero-order valence-electron chi connectivity index (χ0n) is 24.7. The zero-order chi connectivity index (χ0) is 30.2. The Morgan fingerprint density at radius 1 is 1.07 bits per heavy atom. The van der Waals surface area contributed by atoms with E-state index in [9.17, 15) is 0 Å². The lowest BCUT2D eigenvalue weighted by molar-refractivity contribution is 0.310. The van der Waals surface area contributed by atoms with Gasteiger partial charge in [-0.05, 0) is 48.3 Å². The van der Waals surface area contributed by atoms with E-state index in [2.05, 4.69) is 73.3 Å². The fraction of sp³-hybridized carbons (Fsp3) is 0.103. The van der Waals surface area contributed by atoms with E-state index < -0.39 is 0 Å². The average molecular weight is 562 g/mol. The lowest BCUT2D eigenvalue weighted by Gasteiger charge is -2.22. The van der Waals surface area contributed by atoms with Crippen molar-refractivity contribution >= 4 is 17.5 Å². The van der Waals surface area contributed by atoms with E-state index in [-0.39, 0.29) is 0 Å². The number of amidine groups is 1. The zero-order valence-corrected chi connectivity index (χ0v) is 24.7. The van der Waals surface area contributed by atoms with Crippen LogP contribution in [-0.2, 0) is 4.74 Å². The van der Waals surface area contributed by atoms with Crippen molar-refractivity contribution in [3.63, 3.8) is 0 Å². The highest BCUT2D eigenvalue weighted by Gasteiger charge is 2.28. The van der Waals surface area contributed by atoms with Crippen molar-refractivity contribution in [1.82, 2.24) is 10.9 Å². The van der Waals surface area contributed by atoms with Crippen LogP contribution in [0.2, 0.25) is 0 Å². The molecule has 2 aromatic rings. The molecule has 2 N–H and O–H groups in total. The van der Waals surface area contributed by atoms with Gasteiger partial charge in [-0.2, -0.15) is 0 Å². The number of nitrogens with zero attached hydrogens (tertiary/aromatic N) is 1. The Hall–Kier alpha value is -5.37. The fourth-order valence-electron chi connectivity index (χ4n) is 5.36. The predicted octanol–water partition coefficient (Wildman–Crippen LogP) is 8.27. The average Bonchev–Trinajstić information content (AvgIpc) is 3.61. The number of nitrogens with one attached hydrogen (secondary N) is 2. The number of hydrazine groups is 1. The van der Waals surface area contributed by atoms with E-state index in [4.69, 9.17) is 16.2 Å². The number of hydrogen-bond donors (Lipinski definition) is 2. The molecular formula is C39H35N3O. The highest BCUT2D eigenvalue weighted by molar-refractivity contribution is 6.07. The third-order valence-electron chi connectivity index (χ3n) is 7.35. The molecule has 0 amide bonds. The Kier molecular flexibility index (Phi) is 9.17. The minimum absolute atomic E-state index is 0.614. The minimum atomic E-state index is 0.614. The van der Waals surface area contributed by atoms with Crippen LogP contribution in [0.1, 0.15) is 42.0 Å². The molecule has 2 aliphatic carbocycles. The van der Waals surface area contributed by atoms with Crippen LogP contribution >= 0.6 is 0 Å². The number of benzene rings is 2. The van der Waals surface area contributed by atoms with E-state index in [1.54, 1.807) is 6.08 Å². The largest absolute Gasteiger partial charge is 0.461 e. The molecule has 0 bridgehead atoms. The molecule has 4 heteroatoms. The summed E-state index contributed by atoms with van der Waals surface area (Å²) in [5.74, 6) is 5.08. The van der Waals surface area contributed by atoms with Gasteiger partial charge in [0, 0.05) is 41.3 Å².